The highest BCUT2D eigenvalue weighted by Crippen LogP contribution is 2.20. The van der Waals surface area contributed by atoms with Crippen LogP contribution in [0, 0.1) is 17.2 Å². The van der Waals surface area contributed by atoms with E-state index in [4.69, 9.17) is 5.26 Å². The Morgan fingerprint density at radius 1 is 1.04 bits per heavy atom. The molecule has 250 valence electrons. The zero-order valence-electron chi connectivity index (χ0n) is 28.9. The summed E-state index contributed by atoms with van der Waals surface area (Å²) in [5, 5.41) is 23.2. The molecule has 0 bridgehead atoms. The van der Waals surface area contributed by atoms with Gasteiger partial charge in [-0.2, -0.15) is 5.26 Å². The van der Waals surface area contributed by atoms with Crippen LogP contribution < -0.4 is 21.3 Å². The van der Waals surface area contributed by atoms with Crippen LogP contribution in [-0.2, 0) is 9.59 Å². The molecule has 2 aromatic carbocycles. The highest BCUT2D eigenvalue weighted by molar-refractivity contribution is 8.01. The smallest absolute Gasteiger partial charge is 0.262 e. The molecular weight excluding hydrogens is 584 g/mol. The Labute approximate surface area is 276 Å². The maximum atomic E-state index is 12.3. The normalized spacial score (nSPS) is 11.8. The minimum Gasteiger partial charge on any atom is -0.362 e. The number of likely N-dealkylation sites (tertiary alicyclic amines) is 1. The lowest BCUT2D eigenvalue weighted by molar-refractivity contribution is -0.118. The summed E-state index contributed by atoms with van der Waals surface area (Å²) in [6.45, 7) is 22.0. The maximum absolute atomic E-state index is 12.3. The van der Waals surface area contributed by atoms with Crippen LogP contribution in [0.5, 0.6) is 0 Å². The molecule has 1 aliphatic rings. The molecule has 0 aromatic heterocycles. The van der Waals surface area contributed by atoms with E-state index in [0.29, 0.717) is 18.7 Å². The topological polar surface area (TPSA) is 126 Å². The van der Waals surface area contributed by atoms with E-state index in [1.165, 1.54) is 36.9 Å². The number of benzene rings is 2. The van der Waals surface area contributed by atoms with Gasteiger partial charge in [0.15, 0.2) is 0 Å². The van der Waals surface area contributed by atoms with E-state index in [9.17, 15) is 14.4 Å². The number of nitrogens with zero attached hydrogens (tertiary/aromatic N) is 2. The fourth-order valence-corrected chi connectivity index (χ4v) is 3.93. The van der Waals surface area contributed by atoms with Crippen LogP contribution in [-0.4, -0.2) is 68.6 Å². The van der Waals surface area contributed by atoms with E-state index in [-0.39, 0.29) is 23.3 Å². The summed E-state index contributed by atoms with van der Waals surface area (Å²) in [6.07, 6.45) is 6.02. The van der Waals surface area contributed by atoms with Gasteiger partial charge >= 0.3 is 0 Å². The monoisotopic (exact) mass is 640 g/mol. The first-order valence-corrected chi connectivity index (χ1v) is 16.8. The summed E-state index contributed by atoms with van der Waals surface area (Å²) in [5.74, 6) is 0.536. The van der Waals surface area contributed by atoms with Crippen molar-refractivity contribution < 1.29 is 14.4 Å². The molecule has 0 saturated carbocycles. The van der Waals surface area contributed by atoms with Crippen molar-refractivity contribution in [1.29, 1.82) is 5.26 Å². The fraction of sp³-hybridized carbons (Fsp3) is 0.486. The summed E-state index contributed by atoms with van der Waals surface area (Å²) in [5.41, 5.74) is 1.87. The molecule has 45 heavy (non-hydrogen) atoms. The average molecular weight is 641 g/mol. The number of nitrogens with one attached hydrogen (secondary N) is 4. The first-order chi connectivity index (χ1) is 21.5. The molecule has 0 atom stereocenters. The fourth-order valence-electron chi connectivity index (χ4n) is 3.53. The van der Waals surface area contributed by atoms with Crippen molar-refractivity contribution in [3.05, 3.63) is 65.7 Å². The second-order valence-corrected chi connectivity index (χ2v) is 10.9. The molecule has 10 heteroatoms. The summed E-state index contributed by atoms with van der Waals surface area (Å²) < 4.78 is 0. The Bertz CT molecular complexity index is 1210. The van der Waals surface area contributed by atoms with Gasteiger partial charge in [-0.1, -0.05) is 53.3 Å². The summed E-state index contributed by atoms with van der Waals surface area (Å²) in [7, 11) is 1.60. The second kappa shape index (κ2) is 27.7. The van der Waals surface area contributed by atoms with Crippen LogP contribution in [0.1, 0.15) is 71.7 Å². The highest BCUT2D eigenvalue weighted by Gasteiger charge is 2.12. The number of carbonyl (C=O) groups is 3. The summed E-state index contributed by atoms with van der Waals surface area (Å²) >= 11 is 1.34. The van der Waals surface area contributed by atoms with Crippen LogP contribution in [0.3, 0.4) is 0 Å². The van der Waals surface area contributed by atoms with Crippen molar-refractivity contribution in [3.8, 4) is 6.07 Å². The van der Waals surface area contributed by atoms with Crippen LogP contribution in [0.25, 0.3) is 10.8 Å². The molecule has 3 amide bonds. The molecule has 0 aliphatic carbocycles. The van der Waals surface area contributed by atoms with E-state index in [0.717, 1.165) is 42.0 Å². The van der Waals surface area contributed by atoms with E-state index < -0.39 is 0 Å². The Kier molecular flexibility index (Phi) is 26.7. The number of thioether (sulfide) groups is 1. The molecule has 2 aromatic rings. The van der Waals surface area contributed by atoms with Crippen molar-refractivity contribution in [1.82, 2.24) is 20.9 Å². The zero-order valence-corrected chi connectivity index (χ0v) is 29.7. The standard InChI is InChI=1S/C19H23N3O.C7H10N2OS.C4H10.C3H7NO.C2H6/c1-2-20-18-8-7-15-13-17(6-5-16(15)14-18)19(23)21-9-12-22-10-3-4-11-22;1-3-9-7(10)6(4-8)5-11-2;1-4(2)3;1-3(5)4-2;1-2/h2,5-8,13-14,20H,1,3-4,9-12H2,(H,21,23);5H,3H2,1-2H3,(H,9,10);4H,1-3H3;1-2H3,(H,4,5);1-2H3/b;6-5-;;;. The molecular formula is C35H56N6O3S. The molecule has 0 spiro atoms. The van der Waals surface area contributed by atoms with Crippen molar-refractivity contribution >= 4 is 45.9 Å². The number of carbonyl (C=O) groups excluding carboxylic acids is 3. The Balaban J connectivity index is 0. The van der Waals surface area contributed by atoms with Gasteiger partial charge in [0.2, 0.25) is 5.91 Å². The van der Waals surface area contributed by atoms with Crippen molar-refractivity contribution in [2.75, 3.05) is 51.3 Å². The number of likely N-dealkylation sites (N-methyl/N-ethyl adjacent to an activating group) is 1. The minimum atomic E-state index is -0.302. The van der Waals surface area contributed by atoms with Crippen molar-refractivity contribution in [2.24, 2.45) is 5.92 Å². The molecule has 1 saturated heterocycles. The Morgan fingerprint density at radius 2 is 1.60 bits per heavy atom. The first-order valence-electron chi connectivity index (χ1n) is 15.5. The Morgan fingerprint density at radius 3 is 2.09 bits per heavy atom. The van der Waals surface area contributed by atoms with Crippen molar-refractivity contribution in [2.45, 2.75) is 61.3 Å². The van der Waals surface area contributed by atoms with Crippen LogP contribution >= 0.6 is 11.8 Å². The van der Waals surface area contributed by atoms with Gasteiger partial charge in [-0.15, -0.1) is 11.8 Å². The third kappa shape index (κ3) is 21.5. The number of amides is 3. The van der Waals surface area contributed by atoms with Gasteiger partial charge < -0.3 is 26.2 Å². The highest BCUT2D eigenvalue weighted by atomic mass is 32.2. The SMILES string of the molecule is C=CNc1ccc2cc(C(=O)NCCN3CCCC3)ccc2c1.CC.CC(C)C.CCNC(=O)/C(C#N)=C\SC.CNC(C)=O. The van der Waals surface area contributed by atoms with Gasteiger partial charge in [0, 0.05) is 44.9 Å². The van der Waals surface area contributed by atoms with Gasteiger partial charge in [-0.25, -0.2) is 0 Å². The first kappa shape index (κ1) is 43.3. The lowest BCUT2D eigenvalue weighted by atomic mass is 10.1. The maximum Gasteiger partial charge on any atom is 0.262 e. The molecule has 1 aliphatic heterocycles. The van der Waals surface area contributed by atoms with E-state index in [1.807, 2.05) is 63.2 Å². The molecule has 9 nitrogen and oxygen atoms in total. The van der Waals surface area contributed by atoms with E-state index >= 15 is 0 Å². The van der Waals surface area contributed by atoms with E-state index in [2.05, 4.69) is 53.5 Å². The van der Waals surface area contributed by atoms with E-state index in [1.54, 1.807) is 19.5 Å². The largest absolute Gasteiger partial charge is 0.362 e. The predicted molar refractivity (Wildman–Crippen MR) is 193 cm³/mol. The third-order valence-corrected chi connectivity index (χ3v) is 6.05. The minimum absolute atomic E-state index is 0.000565. The number of hydrogen-bond acceptors (Lipinski definition) is 7. The van der Waals surface area contributed by atoms with Gasteiger partial charge in [-0.05, 0) is 91.7 Å². The van der Waals surface area contributed by atoms with Crippen LogP contribution in [0.15, 0.2) is 60.2 Å². The molecule has 4 N–H and O–H groups in total. The Hall–Kier alpha value is -3.81. The number of anilines is 1. The lowest BCUT2D eigenvalue weighted by Crippen LogP contribution is -2.33. The van der Waals surface area contributed by atoms with Gasteiger partial charge in [-0.3, -0.25) is 14.4 Å². The predicted octanol–water partition coefficient (Wildman–Crippen LogP) is 6.55. The number of fused-ring (bicyclic) bond motifs is 1. The van der Waals surface area contributed by atoms with Gasteiger partial charge in [0.05, 0.1) is 0 Å². The zero-order chi connectivity index (χ0) is 34.6. The molecule has 1 fully saturated rings. The third-order valence-electron chi connectivity index (χ3n) is 5.57. The second-order valence-electron chi connectivity index (χ2n) is 10.2. The summed E-state index contributed by atoms with van der Waals surface area (Å²) in [4.78, 5) is 35.3. The van der Waals surface area contributed by atoms with Crippen LogP contribution in [0.2, 0.25) is 0 Å². The van der Waals surface area contributed by atoms with Gasteiger partial charge in [0.1, 0.15) is 11.6 Å². The molecule has 1 heterocycles. The molecule has 3 rings (SSSR count). The van der Waals surface area contributed by atoms with Crippen LogP contribution in [0.4, 0.5) is 5.69 Å². The number of hydrogen-bond donors (Lipinski definition) is 4. The van der Waals surface area contributed by atoms with Crippen molar-refractivity contribution in [3.63, 3.8) is 0 Å². The average Bonchev–Trinajstić information content (AvgIpc) is 3.55. The lowest BCUT2D eigenvalue weighted by Gasteiger charge is -2.14. The number of rotatable bonds is 9. The van der Waals surface area contributed by atoms with Gasteiger partial charge in [0.25, 0.3) is 11.8 Å². The quantitative estimate of drug-likeness (QED) is 0.181. The molecule has 0 unspecified atom stereocenters. The summed E-state index contributed by atoms with van der Waals surface area (Å²) in [6, 6.07) is 13.7. The molecule has 0 radical (unpaired) electrons. The number of nitriles is 1.